The molecule has 0 bridgehead atoms. The molecule has 3 heteroatoms. The maximum atomic E-state index is 9.45. The molecule has 2 rings (SSSR count). The highest BCUT2D eigenvalue weighted by Gasteiger charge is 2.32. The Bertz CT molecular complexity index is 364. The molecule has 0 amide bonds. The van der Waals surface area contributed by atoms with Crippen molar-refractivity contribution in [2.45, 2.75) is 44.2 Å². The molecular weight excluding hydrogens is 238 g/mol. The van der Waals surface area contributed by atoms with Crippen LogP contribution < -0.4 is 5.32 Å². The zero-order valence-electron chi connectivity index (χ0n) is 11.8. The molecule has 1 saturated carbocycles. The van der Waals surface area contributed by atoms with E-state index in [-0.39, 0.29) is 12.1 Å². The third-order valence-corrected chi connectivity index (χ3v) is 3.50. The van der Waals surface area contributed by atoms with Crippen LogP contribution in [0.4, 0.5) is 0 Å². The van der Waals surface area contributed by atoms with Gasteiger partial charge in [-0.3, -0.25) is 0 Å². The van der Waals surface area contributed by atoms with Crippen LogP contribution in [0.2, 0.25) is 0 Å². The van der Waals surface area contributed by atoms with Gasteiger partial charge in [-0.25, -0.2) is 0 Å². The average molecular weight is 263 g/mol. The summed E-state index contributed by atoms with van der Waals surface area (Å²) in [6.45, 7) is 3.48. The highest BCUT2D eigenvalue weighted by molar-refractivity contribution is 5.14. The lowest BCUT2D eigenvalue weighted by atomic mass is 10.1. The molecule has 0 radical (unpaired) electrons. The second kappa shape index (κ2) is 7.04. The second-order valence-corrected chi connectivity index (χ2v) is 5.78. The Morgan fingerprint density at radius 3 is 2.68 bits per heavy atom. The maximum absolute atomic E-state index is 9.45. The zero-order chi connectivity index (χ0) is 13.6. The first-order chi connectivity index (χ1) is 9.22. The molecule has 1 fully saturated rings. The van der Waals surface area contributed by atoms with Crippen molar-refractivity contribution in [2.75, 3.05) is 19.8 Å². The van der Waals surface area contributed by atoms with Crippen LogP contribution in [-0.4, -0.2) is 36.5 Å². The average Bonchev–Trinajstić information content (AvgIpc) is 3.23. The van der Waals surface area contributed by atoms with Crippen LogP contribution in [0.5, 0.6) is 0 Å². The summed E-state index contributed by atoms with van der Waals surface area (Å²) in [6.07, 6.45) is 4.52. The standard InChI is InChI=1S/C16H25NO2/c1-16(12-18,17-15-9-10-15)13-19-11-5-8-14-6-3-2-4-7-14/h2-4,6-7,15,17-18H,5,8-13H2,1H3. The van der Waals surface area contributed by atoms with Gasteiger partial charge in [-0.2, -0.15) is 0 Å². The molecule has 0 aliphatic heterocycles. The van der Waals surface area contributed by atoms with Crippen molar-refractivity contribution in [2.24, 2.45) is 0 Å². The summed E-state index contributed by atoms with van der Waals surface area (Å²) in [6, 6.07) is 11.1. The predicted octanol–water partition coefficient (Wildman–Crippen LogP) is 2.14. The lowest BCUT2D eigenvalue weighted by molar-refractivity contribution is 0.0425. The van der Waals surface area contributed by atoms with Crippen molar-refractivity contribution in [3.63, 3.8) is 0 Å². The summed E-state index contributed by atoms with van der Waals surface area (Å²) in [5.74, 6) is 0. The summed E-state index contributed by atoms with van der Waals surface area (Å²) < 4.78 is 5.72. The van der Waals surface area contributed by atoms with Gasteiger partial charge in [-0.15, -0.1) is 0 Å². The van der Waals surface area contributed by atoms with E-state index in [0.29, 0.717) is 12.6 Å². The molecule has 1 aromatic rings. The van der Waals surface area contributed by atoms with E-state index in [0.717, 1.165) is 19.4 Å². The Labute approximate surface area is 116 Å². The van der Waals surface area contributed by atoms with Gasteiger partial charge in [0.1, 0.15) is 0 Å². The Balaban J connectivity index is 1.60. The fourth-order valence-electron chi connectivity index (χ4n) is 2.17. The van der Waals surface area contributed by atoms with Crippen molar-refractivity contribution < 1.29 is 9.84 Å². The van der Waals surface area contributed by atoms with Gasteiger partial charge in [-0.1, -0.05) is 30.3 Å². The quantitative estimate of drug-likeness (QED) is 0.671. The third-order valence-electron chi connectivity index (χ3n) is 3.50. The van der Waals surface area contributed by atoms with Crippen LogP contribution >= 0.6 is 0 Å². The highest BCUT2D eigenvalue weighted by Crippen LogP contribution is 2.22. The van der Waals surface area contributed by atoms with E-state index in [9.17, 15) is 5.11 Å². The fraction of sp³-hybridized carbons (Fsp3) is 0.625. The first kappa shape index (κ1) is 14.5. The van der Waals surface area contributed by atoms with E-state index in [1.807, 2.05) is 13.0 Å². The van der Waals surface area contributed by atoms with E-state index in [1.165, 1.54) is 18.4 Å². The van der Waals surface area contributed by atoms with Crippen LogP contribution in [0, 0.1) is 0 Å². The first-order valence-corrected chi connectivity index (χ1v) is 7.22. The minimum atomic E-state index is -0.284. The summed E-state index contributed by atoms with van der Waals surface area (Å²) in [5, 5.41) is 12.9. The second-order valence-electron chi connectivity index (χ2n) is 5.78. The molecular formula is C16H25NO2. The van der Waals surface area contributed by atoms with Gasteiger partial charge < -0.3 is 15.2 Å². The third kappa shape index (κ3) is 5.31. The smallest absolute Gasteiger partial charge is 0.0668 e. The monoisotopic (exact) mass is 263 g/mol. The summed E-state index contributed by atoms with van der Waals surface area (Å²) in [4.78, 5) is 0. The number of hydrogen-bond donors (Lipinski definition) is 2. The fourth-order valence-corrected chi connectivity index (χ4v) is 2.17. The van der Waals surface area contributed by atoms with Gasteiger partial charge in [0.05, 0.1) is 18.8 Å². The van der Waals surface area contributed by atoms with Gasteiger partial charge in [0.25, 0.3) is 0 Å². The molecule has 1 aromatic carbocycles. The molecule has 1 aliphatic carbocycles. The first-order valence-electron chi connectivity index (χ1n) is 7.22. The van der Waals surface area contributed by atoms with E-state index in [2.05, 4.69) is 29.6 Å². The lowest BCUT2D eigenvalue weighted by Crippen LogP contribution is -2.50. The zero-order valence-corrected chi connectivity index (χ0v) is 11.8. The summed E-state index contributed by atoms with van der Waals surface area (Å²) >= 11 is 0. The van der Waals surface area contributed by atoms with Crippen LogP contribution in [0.25, 0.3) is 0 Å². The van der Waals surface area contributed by atoms with Gasteiger partial charge in [0.15, 0.2) is 0 Å². The Morgan fingerprint density at radius 2 is 2.05 bits per heavy atom. The highest BCUT2D eigenvalue weighted by atomic mass is 16.5. The van der Waals surface area contributed by atoms with Gasteiger partial charge in [0.2, 0.25) is 0 Å². The molecule has 2 N–H and O–H groups in total. The van der Waals surface area contributed by atoms with Crippen LogP contribution in [0.15, 0.2) is 30.3 Å². The van der Waals surface area contributed by atoms with E-state index in [4.69, 9.17) is 4.74 Å². The minimum Gasteiger partial charge on any atom is -0.394 e. The molecule has 3 nitrogen and oxygen atoms in total. The number of aliphatic hydroxyl groups excluding tert-OH is 1. The number of benzene rings is 1. The van der Waals surface area contributed by atoms with E-state index in [1.54, 1.807) is 0 Å². The van der Waals surface area contributed by atoms with Crippen molar-refractivity contribution >= 4 is 0 Å². The number of aryl methyl sites for hydroxylation is 1. The largest absolute Gasteiger partial charge is 0.394 e. The lowest BCUT2D eigenvalue weighted by Gasteiger charge is -2.28. The minimum absolute atomic E-state index is 0.127. The Kier molecular flexibility index (Phi) is 5.37. The molecule has 0 aromatic heterocycles. The summed E-state index contributed by atoms with van der Waals surface area (Å²) in [5.41, 5.74) is 1.07. The van der Waals surface area contributed by atoms with Crippen LogP contribution in [-0.2, 0) is 11.2 Å². The maximum Gasteiger partial charge on any atom is 0.0668 e. The molecule has 19 heavy (non-hydrogen) atoms. The normalized spacial score (nSPS) is 18.2. The SMILES string of the molecule is CC(CO)(COCCCc1ccccc1)NC1CC1. The van der Waals surface area contributed by atoms with Crippen molar-refractivity contribution in [3.05, 3.63) is 35.9 Å². The molecule has 1 aliphatic rings. The molecule has 1 atom stereocenters. The molecule has 106 valence electrons. The molecule has 0 spiro atoms. The van der Waals surface area contributed by atoms with Crippen LogP contribution in [0.1, 0.15) is 31.7 Å². The number of hydrogen-bond acceptors (Lipinski definition) is 3. The molecule has 1 unspecified atom stereocenters. The van der Waals surface area contributed by atoms with Crippen LogP contribution in [0.3, 0.4) is 0 Å². The molecule has 0 saturated heterocycles. The Hall–Kier alpha value is -0.900. The predicted molar refractivity (Wildman–Crippen MR) is 77.2 cm³/mol. The van der Waals surface area contributed by atoms with Gasteiger partial charge in [0, 0.05) is 12.6 Å². The van der Waals surface area contributed by atoms with E-state index >= 15 is 0 Å². The van der Waals surface area contributed by atoms with Gasteiger partial charge in [-0.05, 0) is 38.2 Å². The molecule has 0 heterocycles. The van der Waals surface area contributed by atoms with E-state index < -0.39 is 0 Å². The van der Waals surface area contributed by atoms with Crippen molar-refractivity contribution in [1.29, 1.82) is 0 Å². The topological polar surface area (TPSA) is 41.5 Å². The van der Waals surface area contributed by atoms with Crippen molar-refractivity contribution in [3.8, 4) is 0 Å². The summed E-state index contributed by atoms with van der Waals surface area (Å²) in [7, 11) is 0. The van der Waals surface area contributed by atoms with Crippen molar-refractivity contribution in [1.82, 2.24) is 5.32 Å². The Morgan fingerprint density at radius 1 is 1.32 bits per heavy atom. The van der Waals surface area contributed by atoms with Gasteiger partial charge >= 0.3 is 0 Å². The number of nitrogens with one attached hydrogen (secondary N) is 1. The number of ether oxygens (including phenoxy) is 1. The number of rotatable bonds is 9. The number of aliphatic hydroxyl groups is 1.